The van der Waals surface area contributed by atoms with Crippen LogP contribution in [0.2, 0.25) is 0 Å². The Hall–Kier alpha value is -2.10. The van der Waals surface area contributed by atoms with Gasteiger partial charge in [0.2, 0.25) is 0 Å². The van der Waals surface area contributed by atoms with Gasteiger partial charge in [-0.3, -0.25) is 24.1 Å². The maximum absolute atomic E-state index is 11.7. The van der Waals surface area contributed by atoms with Gasteiger partial charge in [0.1, 0.15) is 5.78 Å². The number of hydrogen-bond acceptors (Lipinski definition) is 8. The number of rotatable bonds is 12. The molecule has 0 radical (unpaired) electrons. The largest absolute Gasteiger partial charge is 0.469 e. The van der Waals surface area contributed by atoms with Gasteiger partial charge >= 0.3 is 5.97 Å². The first kappa shape index (κ1) is 20.9. The molecule has 140 valence electrons. The molecule has 0 aromatic carbocycles. The molecule has 2 unspecified atom stereocenters. The molecule has 1 heterocycles. The van der Waals surface area contributed by atoms with Crippen molar-refractivity contribution >= 4 is 23.6 Å². The summed E-state index contributed by atoms with van der Waals surface area (Å²) in [5.41, 5.74) is 0. The summed E-state index contributed by atoms with van der Waals surface area (Å²) >= 11 is 0. The van der Waals surface area contributed by atoms with Gasteiger partial charge in [-0.2, -0.15) is 0 Å². The molecule has 0 spiro atoms. The van der Waals surface area contributed by atoms with Crippen molar-refractivity contribution < 1.29 is 38.9 Å². The smallest absolute Gasteiger partial charge is 0.308 e. The van der Waals surface area contributed by atoms with Crippen molar-refractivity contribution in [1.82, 2.24) is 4.90 Å². The zero-order valence-electron chi connectivity index (χ0n) is 14.1. The van der Waals surface area contributed by atoms with Crippen LogP contribution in [0.5, 0.6) is 0 Å². The number of carbonyl (C=O) groups is 4. The fourth-order valence-corrected chi connectivity index (χ4v) is 2.10. The maximum atomic E-state index is 11.7. The predicted molar refractivity (Wildman–Crippen MR) is 84.2 cm³/mol. The van der Waals surface area contributed by atoms with Crippen LogP contribution in [0.3, 0.4) is 0 Å². The predicted octanol–water partition coefficient (Wildman–Crippen LogP) is -1.05. The first-order chi connectivity index (χ1) is 11.8. The minimum Gasteiger partial charge on any atom is -0.469 e. The van der Waals surface area contributed by atoms with E-state index in [2.05, 4.69) is 4.74 Å². The molecular weight excluding hydrogens is 334 g/mol. The molecule has 1 aliphatic rings. The van der Waals surface area contributed by atoms with E-state index in [1.54, 1.807) is 0 Å². The van der Waals surface area contributed by atoms with Crippen LogP contribution in [0.25, 0.3) is 0 Å². The van der Waals surface area contributed by atoms with Crippen molar-refractivity contribution in [3.63, 3.8) is 0 Å². The van der Waals surface area contributed by atoms with Crippen LogP contribution >= 0.6 is 0 Å². The summed E-state index contributed by atoms with van der Waals surface area (Å²) in [5.74, 6) is -1.61. The molecule has 0 aromatic heterocycles. The number of aliphatic hydroxyl groups excluding tert-OH is 2. The second kappa shape index (κ2) is 10.7. The van der Waals surface area contributed by atoms with Crippen molar-refractivity contribution in [2.75, 3.05) is 26.9 Å². The third kappa shape index (κ3) is 8.01. The van der Waals surface area contributed by atoms with E-state index < -0.39 is 30.0 Å². The van der Waals surface area contributed by atoms with Gasteiger partial charge < -0.3 is 19.7 Å². The van der Waals surface area contributed by atoms with Gasteiger partial charge in [-0.15, -0.1) is 0 Å². The molecule has 0 saturated carbocycles. The first-order valence-corrected chi connectivity index (χ1v) is 7.89. The van der Waals surface area contributed by atoms with E-state index >= 15 is 0 Å². The van der Waals surface area contributed by atoms with E-state index in [4.69, 9.17) is 4.74 Å². The number of imide groups is 1. The Morgan fingerprint density at radius 3 is 2.28 bits per heavy atom. The molecule has 2 N–H and O–H groups in total. The molecule has 0 aliphatic carbocycles. The van der Waals surface area contributed by atoms with E-state index in [9.17, 15) is 29.4 Å². The number of nitrogens with zero attached hydrogens (tertiary/aromatic N) is 1. The van der Waals surface area contributed by atoms with Crippen LogP contribution in [0, 0.1) is 0 Å². The molecule has 0 bridgehead atoms. The van der Waals surface area contributed by atoms with Gasteiger partial charge in [0.15, 0.2) is 0 Å². The summed E-state index contributed by atoms with van der Waals surface area (Å²) in [4.78, 5) is 46.3. The van der Waals surface area contributed by atoms with Crippen LogP contribution in [0.15, 0.2) is 12.2 Å². The van der Waals surface area contributed by atoms with Crippen molar-refractivity contribution in [2.45, 2.75) is 37.9 Å². The Labute approximate surface area is 145 Å². The number of hydrogen-bond donors (Lipinski definition) is 2. The van der Waals surface area contributed by atoms with Crippen LogP contribution in [0.1, 0.15) is 25.7 Å². The Bertz CT molecular complexity index is 512. The van der Waals surface area contributed by atoms with Crippen molar-refractivity contribution in [1.29, 1.82) is 0 Å². The zero-order valence-corrected chi connectivity index (χ0v) is 14.1. The number of methoxy groups -OCH3 is 1. The molecule has 9 nitrogen and oxygen atoms in total. The summed E-state index contributed by atoms with van der Waals surface area (Å²) in [6, 6.07) is 0. The second-order valence-corrected chi connectivity index (χ2v) is 5.61. The van der Waals surface area contributed by atoms with Crippen LogP contribution in [-0.4, -0.2) is 77.8 Å². The lowest BCUT2D eigenvalue weighted by atomic mass is 10.1. The summed E-state index contributed by atoms with van der Waals surface area (Å²) < 4.78 is 9.47. The SMILES string of the molecule is COC(=O)CC(O)COCC(O)CCC(=O)CCN1C(=O)C=CC1=O. The van der Waals surface area contributed by atoms with Gasteiger partial charge in [0.25, 0.3) is 11.8 Å². The molecule has 2 atom stereocenters. The quantitative estimate of drug-likeness (QED) is 0.334. The molecule has 25 heavy (non-hydrogen) atoms. The lowest BCUT2D eigenvalue weighted by Gasteiger charge is -2.14. The maximum Gasteiger partial charge on any atom is 0.308 e. The topological polar surface area (TPSA) is 130 Å². The number of carbonyl (C=O) groups excluding carboxylic acids is 4. The summed E-state index contributed by atoms with van der Waals surface area (Å²) in [5, 5.41) is 19.2. The number of Topliss-reactive ketones (excluding diaryl/α,β-unsaturated/α-hetero) is 1. The van der Waals surface area contributed by atoms with E-state index in [0.29, 0.717) is 0 Å². The molecule has 1 aliphatic heterocycles. The highest BCUT2D eigenvalue weighted by molar-refractivity contribution is 6.13. The van der Waals surface area contributed by atoms with Crippen molar-refractivity contribution in [3.8, 4) is 0 Å². The number of aliphatic hydroxyl groups is 2. The van der Waals surface area contributed by atoms with Crippen molar-refractivity contribution in [3.05, 3.63) is 12.2 Å². The van der Waals surface area contributed by atoms with Crippen LogP contribution in [0.4, 0.5) is 0 Å². The summed E-state index contributed by atoms with van der Waals surface area (Å²) in [7, 11) is 1.21. The lowest BCUT2D eigenvalue weighted by Crippen LogP contribution is -2.32. The Morgan fingerprint density at radius 2 is 1.68 bits per heavy atom. The highest BCUT2D eigenvalue weighted by atomic mass is 16.5. The summed E-state index contributed by atoms with van der Waals surface area (Å²) in [6.45, 7) is -0.194. The zero-order chi connectivity index (χ0) is 18.8. The molecule has 0 saturated heterocycles. The molecule has 2 amide bonds. The van der Waals surface area contributed by atoms with E-state index in [1.807, 2.05) is 0 Å². The lowest BCUT2D eigenvalue weighted by molar-refractivity contribution is -0.144. The van der Waals surface area contributed by atoms with E-state index in [0.717, 1.165) is 17.1 Å². The van der Waals surface area contributed by atoms with Gasteiger partial charge in [0.05, 0.1) is 39.0 Å². The third-order valence-corrected chi connectivity index (χ3v) is 3.52. The van der Waals surface area contributed by atoms with Crippen LogP contribution < -0.4 is 0 Å². The van der Waals surface area contributed by atoms with Crippen molar-refractivity contribution in [2.24, 2.45) is 0 Å². The number of ketones is 1. The average molecular weight is 357 g/mol. The van der Waals surface area contributed by atoms with Gasteiger partial charge in [-0.25, -0.2) is 0 Å². The highest BCUT2D eigenvalue weighted by Crippen LogP contribution is 2.07. The number of esters is 1. The monoisotopic (exact) mass is 357 g/mol. The third-order valence-electron chi connectivity index (χ3n) is 3.52. The van der Waals surface area contributed by atoms with E-state index in [-0.39, 0.29) is 51.2 Å². The standard InChI is InChI=1S/C16H23NO8/c1-24-16(23)8-13(20)10-25-9-12(19)3-2-11(18)6-7-17-14(21)4-5-15(17)22/h4-5,12-13,19-20H,2-3,6-10H2,1H3. The summed E-state index contributed by atoms with van der Waals surface area (Å²) in [6.07, 6.45) is 0.463. The Morgan fingerprint density at radius 1 is 1.08 bits per heavy atom. The average Bonchev–Trinajstić information content (AvgIpc) is 2.89. The number of amides is 2. The minimum absolute atomic E-state index is 0.0236. The van der Waals surface area contributed by atoms with Crippen LogP contribution in [-0.2, 0) is 28.7 Å². The Balaban J connectivity index is 2.11. The van der Waals surface area contributed by atoms with Gasteiger partial charge in [-0.1, -0.05) is 0 Å². The molecule has 9 heteroatoms. The molecular formula is C16H23NO8. The highest BCUT2D eigenvalue weighted by Gasteiger charge is 2.23. The molecule has 1 rings (SSSR count). The van der Waals surface area contributed by atoms with Gasteiger partial charge in [-0.05, 0) is 6.42 Å². The molecule has 0 aromatic rings. The normalized spacial score (nSPS) is 16.2. The second-order valence-electron chi connectivity index (χ2n) is 5.61. The van der Waals surface area contributed by atoms with E-state index in [1.165, 1.54) is 7.11 Å². The molecule has 0 fully saturated rings. The van der Waals surface area contributed by atoms with Gasteiger partial charge in [0, 0.05) is 31.5 Å². The first-order valence-electron chi connectivity index (χ1n) is 7.89. The number of ether oxygens (including phenoxy) is 2. The minimum atomic E-state index is -1.02. The Kier molecular flexibility index (Phi) is 8.96. The fourth-order valence-electron chi connectivity index (χ4n) is 2.10. The fraction of sp³-hybridized carbons (Fsp3) is 0.625.